The van der Waals surface area contributed by atoms with Crippen molar-refractivity contribution in [2.24, 2.45) is 0 Å². The number of benzene rings is 1. The topological polar surface area (TPSA) is 40.5 Å². The molecule has 0 amide bonds. The summed E-state index contributed by atoms with van der Waals surface area (Å²) in [6.07, 6.45) is 5.03. The molecule has 19 heavy (non-hydrogen) atoms. The average molecular weight is 259 g/mol. The highest BCUT2D eigenvalue weighted by atomic mass is 16.4. The Morgan fingerprint density at radius 1 is 1.21 bits per heavy atom. The molecule has 0 unspecified atom stereocenters. The number of nitrogens with zero attached hydrogens (tertiary/aromatic N) is 1. The van der Waals surface area contributed by atoms with Crippen molar-refractivity contribution in [3.05, 3.63) is 29.3 Å². The molecule has 0 aromatic heterocycles. The maximum atomic E-state index is 11.8. The predicted octanol–water partition coefficient (Wildman–Crippen LogP) is 3.10. The Hall–Kier alpha value is -1.51. The Balaban J connectivity index is 2.07. The summed E-state index contributed by atoms with van der Waals surface area (Å²) in [4.78, 5) is 14.1. The summed E-state index contributed by atoms with van der Waals surface area (Å²) in [6.45, 7) is 4.17. The van der Waals surface area contributed by atoms with Crippen molar-refractivity contribution >= 4 is 11.7 Å². The van der Waals surface area contributed by atoms with E-state index in [0.717, 1.165) is 49.2 Å². The third kappa shape index (κ3) is 1.92. The second-order valence-corrected chi connectivity index (χ2v) is 5.96. The third-order valence-corrected chi connectivity index (χ3v) is 4.73. The van der Waals surface area contributed by atoms with Gasteiger partial charge in [-0.15, -0.1) is 0 Å². The summed E-state index contributed by atoms with van der Waals surface area (Å²) in [5, 5.41) is 9.68. The quantitative estimate of drug-likeness (QED) is 0.906. The summed E-state index contributed by atoms with van der Waals surface area (Å²) in [6, 6.07) is 6.32. The smallest absolute Gasteiger partial charge is 0.314 e. The molecule has 1 aromatic carbocycles. The first kappa shape index (κ1) is 12.5. The van der Waals surface area contributed by atoms with Crippen LogP contribution in [-0.2, 0) is 10.2 Å². The second kappa shape index (κ2) is 4.55. The highest BCUT2D eigenvalue weighted by Crippen LogP contribution is 2.48. The lowest BCUT2D eigenvalue weighted by Crippen LogP contribution is -2.43. The number of carbonyl (C=O) groups is 1. The van der Waals surface area contributed by atoms with Gasteiger partial charge in [0.05, 0.1) is 5.41 Å². The van der Waals surface area contributed by atoms with Crippen LogP contribution in [0.3, 0.4) is 0 Å². The van der Waals surface area contributed by atoms with E-state index in [1.807, 2.05) is 6.92 Å². The standard InChI is InChI=1S/C16H21NO2/c1-12-5-6-14(17-9-2-3-10-17)13(11-12)16(15(18)19)7-4-8-16/h5-6,11H,2-4,7-10H2,1H3,(H,18,19). The Morgan fingerprint density at radius 3 is 2.42 bits per heavy atom. The first-order valence-corrected chi connectivity index (χ1v) is 7.23. The minimum atomic E-state index is -0.648. The number of hydrogen-bond donors (Lipinski definition) is 1. The van der Waals surface area contributed by atoms with Crippen LogP contribution in [0, 0.1) is 6.92 Å². The fraction of sp³-hybridized carbons (Fsp3) is 0.562. The minimum Gasteiger partial charge on any atom is -0.481 e. The third-order valence-electron chi connectivity index (χ3n) is 4.73. The molecule has 3 heteroatoms. The van der Waals surface area contributed by atoms with E-state index >= 15 is 0 Å². The van der Waals surface area contributed by atoms with Crippen LogP contribution in [0.1, 0.15) is 43.2 Å². The van der Waals surface area contributed by atoms with Gasteiger partial charge in [-0.3, -0.25) is 4.79 Å². The molecule has 3 rings (SSSR count). The van der Waals surface area contributed by atoms with Crippen molar-refractivity contribution in [2.75, 3.05) is 18.0 Å². The molecule has 0 atom stereocenters. The molecule has 1 aliphatic heterocycles. The predicted molar refractivity (Wildman–Crippen MR) is 75.8 cm³/mol. The molecule has 0 bridgehead atoms. The van der Waals surface area contributed by atoms with E-state index in [-0.39, 0.29) is 0 Å². The maximum absolute atomic E-state index is 11.8. The maximum Gasteiger partial charge on any atom is 0.314 e. The van der Waals surface area contributed by atoms with Crippen LogP contribution < -0.4 is 4.90 Å². The van der Waals surface area contributed by atoms with Gasteiger partial charge in [0.1, 0.15) is 0 Å². The van der Waals surface area contributed by atoms with Crippen LogP contribution in [0.2, 0.25) is 0 Å². The van der Waals surface area contributed by atoms with Crippen molar-refractivity contribution in [3.63, 3.8) is 0 Å². The molecule has 1 aliphatic carbocycles. The molecule has 1 N–H and O–H groups in total. The lowest BCUT2D eigenvalue weighted by molar-refractivity contribution is -0.147. The van der Waals surface area contributed by atoms with Crippen LogP contribution >= 0.6 is 0 Å². The second-order valence-electron chi connectivity index (χ2n) is 5.96. The number of hydrogen-bond acceptors (Lipinski definition) is 2. The summed E-state index contributed by atoms with van der Waals surface area (Å²) in [5.74, 6) is -0.648. The fourth-order valence-corrected chi connectivity index (χ4v) is 3.40. The molecule has 3 nitrogen and oxygen atoms in total. The summed E-state index contributed by atoms with van der Waals surface area (Å²) < 4.78 is 0. The Morgan fingerprint density at radius 2 is 1.89 bits per heavy atom. The number of anilines is 1. The van der Waals surface area contributed by atoms with Crippen LogP contribution in [-0.4, -0.2) is 24.2 Å². The molecular weight excluding hydrogens is 238 g/mol. The molecule has 0 spiro atoms. The summed E-state index contributed by atoms with van der Waals surface area (Å²) in [7, 11) is 0. The van der Waals surface area contributed by atoms with Crippen LogP contribution in [0.5, 0.6) is 0 Å². The van der Waals surface area contributed by atoms with Crippen molar-refractivity contribution in [1.82, 2.24) is 0 Å². The fourth-order valence-electron chi connectivity index (χ4n) is 3.40. The Labute approximate surface area is 114 Å². The summed E-state index contributed by atoms with van der Waals surface area (Å²) >= 11 is 0. The monoisotopic (exact) mass is 259 g/mol. The first-order valence-electron chi connectivity index (χ1n) is 7.23. The van der Waals surface area contributed by atoms with E-state index in [1.165, 1.54) is 12.8 Å². The lowest BCUT2D eigenvalue weighted by atomic mass is 9.63. The van der Waals surface area contributed by atoms with Crippen molar-refractivity contribution in [1.29, 1.82) is 0 Å². The van der Waals surface area contributed by atoms with Gasteiger partial charge in [0.2, 0.25) is 0 Å². The number of rotatable bonds is 3. The molecule has 102 valence electrons. The zero-order chi connectivity index (χ0) is 13.5. The molecule has 0 radical (unpaired) electrons. The van der Waals surface area contributed by atoms with E-state index < -0.39 is 11.4 Å². The summed E-state index contributed by atoms with van der Waals surface area (Å²) in [5.41, 5.74) is 2.74. The van der Waals surface area contributed by atoms with Crippen molar-refractivity contribution in [3.8, 4) is 0 Å². The average Bonchev–Trinajstić information content (AvgIpc) is 2.80. The van der Waals surface area contributed by atoms with E-state index in [1.54, 1.807) is 0 Å². The minimum absolute atomic E-state index is 0.621. The van der Waals surface area contributed by atoms with E-state index in [0.29, 0.717) is 0 Å². The molecule has 2 fully saturated rings. The lowest BCUT2D eigenvalue weighted by Gasteiger charge is -2.40. The van der Waals surface area contributed by atoms with Gasteiger partial charge >= 0.3 is 5.97 Å². The van der Waals surface area contributed by atoms with Gasteiger partial charge in [-0.2, -0.15) is 0 Å². The number of carboxylic acids is 1. The Bertz CT molecular complexity index is 499. The molecule has 1 heterocycles. The van der Waals surface area contributed by atoms with E-state index in [4.69, 9.17) is 0 Å². The number of carboxylic acid groups (broad SMARTS) is 1. The zero-order valence-electron chi connectivity index (χ0n) is 11.5. The van der Waals surface area contributed by atoms with E-state index in [2.05, 4.69) is 23.1 Å². The van der Waals surface area contributed by atoms with Crippen LogP contribution in [0.4, 0.5) is 5.69 Å². The largest absolute Gasteiger partial charge is 0.481 e. The molecule has 1 saturated heterocycles. The van der Waals surface area contributed by atoms with Gasteiger partial charge in [-0.1, -0.05) is 24.1 Å². The number of aryl methyl sites for hydroxylation is 1. The molecular formula is C16H21NO2. The van der Waals surface area contributed by atoms with Crippen molar-refractivity contribution < 1.29 is 9.90 Å². The van der Waals surface area contributed by atoms with Gasteiger partial charge in [0.15, 0.2) is 0 Å². The zero-order valence-corrected chi connectivity index (χ0v) is 11.5. The number of aliphatic carboxylic acids is 1. The van der Waals surface area contributed by atoms with Crippen LogP contribution in [0.15, 0.2) is 18.2 Å². The van der Waals surface area contributed by atoms with Gasteiger partial charge in [0.25, 0.3) is 0 Å². The van der Waals surface area contributed by atoms with Gasteiger partial charge in [-0.05, 0) is 44.2 Å². The van der Waals surface area contributed by atoms with Gasteiger partial charge in [-0.25, -0.2) is 0 Å². The molecule has 1 saturated carbocycles. The highest BCUT2D eigenvalue weighted by molar-refractivity contribution is 5.85. The SMILES string of the molecule is Cc1ccc(N2CCCC2)c(C2(C(=O)O)CCC2)c1. The molecule has 2 aliphatic rings. The van der Waals surface area contributed by atoms with E-state index in [9.17, 15) is 9.90 Å². The van der Waals surface area contributed by atoms with Gasteiger partial charge in [0, 0.05) is 18.8 Å². The Kier molecular flexibility index (Phi) is 3.00. The van der Waals surface area contributed by atoms with Crippen LogP contribution in [0.25, 0.3) is 0 Å². The normalized spacial score (nSPS) is 21.2. The van der Waals surface area contributed by atoms with Gasteiger partial charge < -0.3 is 10.0 Å². The van der Waals surface area contributed by atoms with Crippen molar-refractivity contribution in [2.45, 2.75) is 44.4 Å². The molecule has 1 aromatic rings. The highest BCUT2D eigenvalue weighted by Gasteiger charge is 2.47. The first-order chi connectivity index (χ1) is 9.13.